The van der Waals surface area contributed by atoms with Crippen LogP contribution in [0.2, 0.25) is 0 Å². The number of fused-ring (bicyclic) bond motifs is 1. The lowest BCUT2D eigenvalue weighted by atomic mass is 10.2. The Labute approximate surface area is 132 Å². The maximum Gasteiger partial charge on any atom is 0.342 e. The lowest BCUT2D eigenvalue weighted by Crippen LogP contribution is -2.17. The molecule has 0 aliphatic heterocycles. The molecule has 6 heteroatoms. The van der Waals surface area contributed by atoms with Crippen LogP contribution in [-0.2, 0) is 11.3 Å². The Morgan fingerprint density at radius 3 is 2.78 bits per heavy atom. The minimum absolute atomic E-state index is 0.0669. The predicted octanol–water partition coefficient (Wildman–Crippen LogP) is 2.57. The highest BCUT2D eigenvalue weighted by Gasteiger charge is 2.15. The molecule has 23 heavy (non-hydrogen) atoms. The van der Waals surface area contributed by atoms with E-state index in [1.165, 1.54) is 10.5 Å². The first-order valence-corrected chi connectivity index (χ1v) is 7.18. The number of pyridine rings is 1. The maximum atomic E-state index is 12.1. The van der Waals surface area contributed by atoms with Crippen LogP contribution in [0.3, 0.4) is 0 Å². The number of aromatic nitrogens is 2. The fourth-order valence-corrected chi connectivity index (χ4v) is 2.43. The third kappa shape index (κ3) is 2.88. The second-order valence-electron chi connectivity index (χ2n) is 5.37. The van der Waals surface area contributed by atoms with Crippen LogP contribution < -0.4 is 5.56 Å². The molecular weight excluding hydrogens is 296 g/mol. The molecule has 0 unspecified atom stereocenters. The van der Waals surface area contributed by atoms with Gasteiger partial charge >= 0.3 is 5.97 Å². The Hall–Kier alpha value is -2.89. The van der Waals surface area contributed by atoms with Gasteiger partial charge in [0.05, 0.1) is 5.69 Å². The van der Waals surface area contributed by atoms with Gasteiger partial charge < -0.3 is 9.15 Å². The molecule has 0 fully saturated rings. The molecule has 0 aliphatic rings. The highest BCUT2D eigenvalue weighted by atomic mass is 16.5. The SMILES string of the molecule is Cc1cc(C(=O)OCc2cc(=O)n3cccc(C)c3n2)c(C)o1. The van der Waals surface area contributed by atoms with Gasteiger partial charge in [0.25, 0.3) is 5.56 Å². The van der Waals surface area contributed by atoms with E-state index in [0.29, 0.717) is 28.4 Å². The number of hydrogen-bond acceptors (Lipinski definition) is 5. The van der Waals surface area contributed by atoms with E-state index in [1.807, 2.05) is 13.0 Å². The van der Waals surface area contributed by atoms with Crippen molar-refractivity contribution in [2.75, 3.05) is 0 Å². The summed E-state index contributed by atoms with van der Waals surface area (Å²) < 4.78 is 12.0. The number of ether oxygens (including phenoxy) is 1. The smallest absolute Gasteiger partial charge is 0.342 e. The number of esters is 1. The van der Waals surface area contributed by atoms with E-state index in [0.717, 1.165) is 5.56 Å². The van der Waals surface area contributed by atoms with Crippen LogP contribution in [0.4, 0.5) is 0 Å². The second kappa shape index (κ2) is 5.72. The Bertz CT molecular complexity index is 953. The number of nitrogens with zero attached hydrogens (tertiary/aromatic N) is 2. The zero-order chi connectivity index (χ0) is 16.6. The summed E-state index contributed by atoms with van der Waals surface area (Å²) in [5, 5.41) is 0. The van der Waals surface area contributed by atoms with Crippen LogP contribution in [0, 0.1) is 20.8 Å². The van der Waals surface area contributed by atoms with E-state index in [1.54, 1.807) is 32.2 Å². The summed E-state index contributed by atoms with van der Waals surface area (Å²) in [5.41, 5.74) is 2.02. The number of hydrogen-bond donors (Lipinski definition) is 0. The lowest BCUT2D eigenvalue weighted by Gasteiger charge is -2.07. The Kier molecular flexibility index (Phi) is 3.73. The van der Waals surface area contributed by atoms with Crippen molar-refractivity contribution in [3.8, 4) is 0 Å². The molecular formula is C17H16N2O4. The van der Waals surface area contributed by atoms with Crippen molar-refractivity contribution in [1.82, 2.24) is 9.38 Å². The highest BCUT2D eigenvalue weighted by molar-refractivity contribution is 5.90. The minimum atomic E-state index is -0.494. The van der Waals surface area contributed by atoms with E-state index in [9.17, 15) is 9.59 Å². The van der Waals surface area contributed by atoms with Crippen molar-refractivity contribution in [2.24, 2.45) is 0 Å². The standard InChI is InChI=1S/C17H16N2O4/c1-10-5-4-6-19-15(20)8-13(18-16(10)19)9-22-17(21)14-7-11(2)23-12(14)3/h4-8H,9H2,1-3H3. The van der Waals surface area contributed by atoms with E-state index >= 15 is 0 Å². The van der Waals surface area contributed by atoms with Gasteiger partial charge in [0.2, 0.25) is 0 Å². The Morgan fingerprint density at radius 2 is 2.09 bits per heavy atom. The molecule has 0 N–H and O–H groups in total. The molecule has 0 radical (unpaired) electrons. The normalized spacial score (nSPS) is 10.9. The number of furan rings is 1. The molecule has 3 aromatic rings. The van der Waals surface area contributed by atoms with Gasteiger partial charge in [-0.25, -0.2) is 9.78 Å². The van der Waals surface area contributed by atoms with Crippen molar-refractivity contribution >= 4 is 11.6 Å². The molecule has 3 rings (SSSR count). The van der Waals surface area contributed by atoms with Gasteiger partial charge in [-0.15, -0.1) is 0 Å². The van der Waals surface area contributed by atoms with Crippen molar-refractivity contribution in [1.29, 1.82) is 0 Å². The zero-order valence-electron chi connectivity index (χ0n) is 13.1. The van der Waals surface area contributed by atoms with Crippen LogP contribution in [0.1, 0.15) is 33.1 Å². The van der Waals surface area contributed by atoms with Crippen LogP contribution in [-0.4, -0.2) is 15.4 Å². The van der Waals surface area contributed by atoms with Gasteiger partial charge in [-0.1, -0.05) is 6.07 Å². The molecule has 0 saturated carbocycles. The number of rotatable bonds is 3. The fraction of sp³-hybridized carbons (Fsp3) is 0.235. The molecule has 0 amide bonds. The summed E-state index contributed by atoms with van der Waals surface area (Å²) in [6.45, 7) is 5.27. The van der Waals surface area contributed by atoms with E-state index in [4.69, 9.17) is 9.15 Å². The van der Waals surface area contributed by atoms with Gasteiger partial charge in [-0.05, 0) is 38.5 Å². The van der Waals surface area contributed by atoms with Crippen molar-refractivity contribution in [3.05, 3.63) is 69.2 Å². The number of aryl methyl sites for hydroxylation is 3. The Morgan fingerprint density at radius 1 is 1.30 bits per heavy atom. The summed E-state index contributed by atoms with van der Waals surface area (Å²) in [6, 6.07) is 6.65. The van der Waals surface area contributed by atoms with Crippen LogP contribution in [0.5, 0.6) is 0 Å². The quantitative estimate of drug-likeness (QED) is 0.695. The second-order valence-corrected chi connectivity index (χ2v) is 5.37. The first-order chi connectivity index (χ1) is 11.0. The average molecular weight is 312 g/mol. The van der Waals surface area contributed by atoms with Crippen molar-refractivity contribution in [3.63, 3.8) is 0 Å². The number of carbonyl (C=O) groups is 1. The molecule has 0 bridgehead atoms. The van der Waals surface area contributed by atoms with Crippen LogP contribution in [0.25, 0.3) is 5.65 Å². The predicted molar refractivity (Wildman–Crippen MR) is 83.5 cm³/mol. The molecule has 0 aromatic carbocycles. The Balaban J connectivity index is 1.85. The summed E-state index contributed by atoms with van der Waals surface area (Å²) in [4.78, 5) is 28.6. The summed E-state index contributed by atoms with van der Waals surface area (Å²) in [6.07, 6.45) is 1.66. The van der Waals surface area contributed by atoms with Crippen LogP contribution in [0.15, 0.2) is 39.7 Å². The first-order valence-electron chi connectivity index (χ1n) is 7.18. The fourth-order valence-electron chi connectivity index (χ4n) is 2.43. The molecule has 0 aliphatic carbocycles. The highest BCUT2D eigenvalue weighted by Crippen LogP contribution is 2.15. The molecule has 6 nitrogen and oxygen atoms in total. The monoisotopic (exact) mass is 312 g/mol. The first kappa shape index (κ1) is 15.0. The third-order valence-corrected chi connectivity index (χ3v) is 3.55. The van der Waals surface area contributed by atoms with Gasteiger partial charge in [0.15, 0.2) is 0 Å². The molecule has 118 valence electrons. The summed E-state index contributed by atoms with van der Waals surface area (Å²) in [7, 11) is 0. The average Bonchev–Trinajstić information content (AvgIpc) is 2.85. The third-order valence-electron chi connectivity index (χ3n) is 3.55. The summed E-state index contributed by atoms with van der Waals surface area (Å²) in [5.74, 6) is 0.660. The molecule has 0 spiro atoms. The van der Waals surface area contributed by atoms with Gasteiger partial charge in [-0.2, -0.15) is 0 Å². The maximum absolute atomic E-state index is 12.1. The molecule has 0 atom stereocenters. The van der Waals surface area contributed by atoms with Crippen molar-refractivity contribution < 1.29 is 13.9 Å². The largest absolute Gasteiger partial charge is 0.466 e. The molecule has 0 saturated heterocycles. The van der Waals surface area contributed by atoms with Gasteiger partial charge in [-0.3, -0.25) is 9.20 Å². The zero-order valence-corrected chi connectivity index (χ0v) is 13.1. The lowest BCUT2D eigenvalue weighted by molar-refractivity contribution is 0.0465. The van der Waals surface area contributed by atoms with E-state index in [-0.39, 0.29) is 12.2 Å². The van der Waals surface area contributed by atoms with E-state index in [2.05, 4.69) is 4.98 Å². The van der Waals surface area contributed by atoms with Crippen LogP contribution >= 0.6 is 0 Å². The van der Waals surface area contributed by atoms with E-state index < -0.39 is 5.97 Å². The van der Waals surface area contributed by atoms with Gasteiger partial charge in [0.1, 0.15) is 29.3 Å². The molecule has 3 aromatic heterocycles. The minimum Gasteiger partial charge on any atom is -0.466 e. The van der Waals surface area contributed by atoms with Crippen molar-refractivity contribution in [2.45, 2.75) is 27.4 Å². The number of carbonyl (C=O) groups excluding carboxylic acids is 1. The van der Waals surface area contributed by atoms with Gasteiger partial charge in [0, 0.05) is 12.3 Å². The topological polar surface area (TPSA) is 73.8 Å². The molecule has 3 heterocycles. The summed E-state index contributed by atoms with van der Waals surface area (Å²) >= 11 is 0.